The van der Waals surface area contributed by atoms with Crippen molar-refractivity contribution in [3.8, 4) is 22.4 Å². The number of hydrogen-bond donors (Lipinski definition) is 3. The van der Waals surface area contributed by atoms with Crippen LogP contribution in [0.1, 0.15) is 13.3 Å². The number of rotatable bonds is 5. The number of aromatic nitrogens is 4. The van der Waals surface area contributed by atoms with E-state index in [0.29, 0.717) is 23.4 Å². The van der Waals surface area contributed by atoms with Crippen LogP contribution < -0.4 is 5.32 Å². The van der Waals surface area contributed by atoms with Crippen LogP contribution in [0.15, 0.2) is 55.0 Å². The Hall–Kier alpha value is -3.03. The van der Waals surface area contributed by atoms with E-state index in [2.05, 4.69) is 25.3 Å². The van der Waals surface area contributed by atoms with E-state index in [0.717, 1.165) is 22.4 Å². The summed E-state index contributed by atoms with van der Waals surface area (Å²) in [7, 11) is 0. The average Bonchev–Trinajstić information content (AvgIpc) is 3.08. The van der Waals surface area contributed by atoms with Crippen molar-refractivity contribution in [3.05, 3.63) is 60.8 Å². The Bertz CT molecular complexity index is 1080. The van der Waals surface area contributed by atoms with Gasteiger partial charge in [-0.15, -0.1) is 12.4 Å². The lowest BCUT2D eigenvalue weighted by Gasteiger charge is -2.12. The van der Waals surface area contributed by atoms with Crippen molar-refractivity contribution >= 4 is 29.4 Å². The van der Waals surface area contributed by atoms with E-state index >= 15 is 0 Å². The normalized spacial score (nSPS) is 11.8. The summed E-state index contributed by atoms with van der Waals surface area (Å²) < 4.78 is 13.4. The fraction of sp³-hybridized carbons (Fsp3) is 0.150. The van der Waals surface area contributed by atoms with Crippen molar-refractivity contribution in [1.29, 1.82) is 0 Å². The fourth-order valence-electron chi connectivity index (χ4n) is 2.96. The highest BCUT2D eigenvalue weighted by Gasteiger charge is 2.17. The highest BCUT2D eigenvalue weighted by atomic mass is 35.5. The highest BCUT2D eigenvalue weighted by Crippen LogP contribution is 2.37. The first-order valence-electron chi connectivity index (χ1n) is 8.65. The molecule has 0 aliphatic rings. The number of fused-ring (bicyclic) bond motifs is 1. The molecular formula is C20H19ClFN5O. The standard InChI is InChI=1S/C20H18FN5O.ClH/c1-2-16(27)25-15-11-13(7-8-22-15)18-17(12-3-5-14(21)6-4-12)19-20(26-18)24-10-9-23-19;/h3-11,16,27H,2H2,1H3,(H,22,25)(H,24,26);1H. The third kappa shape index (κ3) is 3.81. The zero-order valence-corrected chi connectivity index (χ0v) is 15.9. The quantitative estimate of drug-likeness (QED) is 0.433. The lowest BCUT2D eigenvalue weighted by molar-refractivity contribution is 0.199. The van der Waals surface area contributed by atoms with Crippen molar-refractivity contribution in [2.24, 2.45) is 0 Å². The number of aliphatic hydroxyl groups is 1. The van der Waals surface area contributed by atoms with Gasteiger partial charge in [0, 0.05) is 29.7 Å². The number of halogens is 2. The van der Waals surface area contributed by atoms with Crippen LogP contribution in [-0.2, 0) is 0 Å². The van der Waals surface area contributed by atoms with Gasteiger partial charge in [0.15, 0.2) is 5.65 Å². The molecule has 0 aliphatic heterocycles. The van der Waals surface area contributed by atoms with E-state index in [1.165, 1.54) is 12.1 Å². The van der Waals surface area contributed by atoms with Crippen LogP contribution in [0.3, 0.4) is 0 Å². The lowest BCUT2D eigenvalue weighted by Crippen LogP contribution is -2.17. The summed E-state index contributed by atoms with van der Waals surface area (Å²) in [5.41, 5.74) is 4.68. The molecule has 0 radical (unpaired) electrons. The van der Waals surface area contributed by atoms with E-state index in [-0.39, 0.29) is 18.2 Å². The Morgan fingerprint density at radius 2 is 1.79 bits per heavy atom. The summed E-state index contributed by atoms with van der Waals surface area (Å²) in [5, 5.41) is 12.8. The van der Waals surface area contributed by atoms with E-state index < -0.39 is 6.23 Å². The Morgan fingerprint density at radius 3 is 2.54 bits per heavy atom. The molecule has 0 saturated carbocycles. The maximum atomic E-state index is 13.4. The molecular weight excluding hydrogens is 381 g/mol. The SMILES string of the molecule is CCC(O)Nc1cc(-c2[nH]c3nccnc3c2-c2ccc(F)cc2)ccn1.Cl. The maximum Gasteiger partial charge on any atom is 0.157 e. The number of nitrogens with zero attached hydrogens (tertiary/aromatic N) is 3. The minimum Gasteiger partial charge on any atom is -0.374 e. The summed E-state index contributed by atoms with van der Waals surface area (Å²) in [5.74, 6) is 0.265. The molecule has 0 fully saturated rings. The van der Waals surface area contributed by atoms with E-state index in [1.807, 2.05) is 19.1 Å². The van der Waals surface area contributed by atoms with Crippen LogP contribution in [0, 0.1) is 5.82 Å². The zero-order valence-electron chi connectivity index (χ0n) is 15.1. The molecule has 3 heterocycles. The van der Waals surface area contributed by atoms with E-state index in [1.54, 1.807) is 30.7 Å². The van der Waals surface area contributed by atoms with Crippen molar-refractivity contribution in [1.82, 2.24) is 19.9 Å². The molecule has 3 aromatic heterocycles. The Kier molecular flexibility index (Phi) is 5.87. The number of aliphatic hydroxyl groups excluding tert-OH is 1. The predicted octanol–water partition coefficient (Wildman–Crippen LogP) is 4.39. The second-order valence-electron chi connectivity index (χ2n) is 6.13. The first-order chi connectivity index (χ1) is 13.2. The number of anilines is 1. The molecule has 3 N–H and O–H groups in total. The highest BCUT2D eigenvalue weighted by molar-refractivity contribution is 6.00. The smallest absolute Gasteiger partial charge is 0.157 e. The summed E-state index contributed by atoms with van der Waals surface area (Å²) in [6.07, 6.45) is 4.81. The van der Waals surface area contributed by atoms with E-state index in [4.69, 9.17) is 0 Å². The molecule has 4 rings (SSSR count). The first kappa shape index (κ1) is 19.7. The average molecular weight is 400 g/mol. The van der Waals surface area contributed by atoms with Crippen LogP contribution >= 0.6 is 12.4 Å². The molecule has 1 aromatic carbocycles. The van der Waals surface area contributed by atoms with Gasteiger partial charge in [0.2, 0.25) is 0 Å². The molecule has 28 heavy (non-hydrogen) atoms. The van der Waals surface area contributed by atoms with Crippen molar-refractivity contribution < 1.29 is 9.50 Å². The number of aromatic amines is 1. The van der Waals surface area contributed by atoms with Crippen molar-refractivity contribution in [2.45, 2.75) is 19.6 Å². The van der Waals surface area contributed by atoms with Crippen molar-refractivity contribution in [2.75, 3.05) is 5.32 Å². The summed E-state index contributed by atoms with van der Waals surface area (Å²) in [4.78, 5) is 16.4. The number of hydrogen-bond acceptors (Lipinski definition) is 5. The lowest BCUT2D eigenvalue weighted by atomic mass is 10.0. The van der Waals surface area contributed by atoms with Crippen molar-refractivity contribution in [3.63, 3.8) is 0 Å². The third-order valence-corrected chi connectivity index (χ3v) is 4.31. The molecule has 0 aliphatic carbocycles. The number of benzene rings is 1. The number of pyridine rings is 1. The monoisotopic (exact) mass is 399 g/mol. The van der Waals surface area contributed by atoms with Gasteiger partial charge in [-0.3, -0.25) is 4.98 Å². The molecule has 4 aromatic rings. The Morgan fingerprint density at radius 1 is 1.04 bits per heavy atom. The van der Waals surface area contributed by atoms with Gasteiger partial charge in [0.1, 0.15) is 23.4 Å². The molecule has 8 heteroatoms. The second kappa shape index (κ2) is 8.33. The van der Waals surface area contributed by atoms with Gasteiger partial charge in [-0.25, -0.2) is 14.4 Å². The molecule has 0 amide bonds. The molecule has 1 atom stereocenters. The van der Waals surface area contributed by atoms with Crippen LogP contribution in [0.4, 0.5) is 10.2 Å². The topological polar surface area (TPSA) is 86.7 Å². The molecule has 0 saturated heterocycles. The van der Waals surface area contributed by atoms with Gasteiger partial charge >= 0.3 is 0 Å². The Balaban J connectivity index is 0.00000225. The van der Waals surface area contributed by atoms with E-state index in [9.17, 15) is 9.50 Å². The largest absolute Gasteiger partial charge is 0.374 e. The van der Waals surface area contributed by atoms with Gasteiger partial charge in [0.25, 0.3) is 0 Å². The van der Waals surface area contributed by atoms with Crippen LogP contribution in [0.25, 0.3) is 33.5 Å². The maximum absolute atomic E-state index is 13.4. The van der Waals surface area contributed by atoms with Gasteiger partial charge in [-0.2, -0.15) is 0 Å². The molecule has 1 unspecified atom stereocenters. The number of nitrogens with one attached hydrogen (secondary N) is 2. The fourth-order valence-corrected chi connectivity index (χ4v) is 2.96. The van der Waals surface area contributed by atoms with Gasteiger partial charge < -0.3 is 15.4 Å². The zero-order chi connectivity index (χ0) is 18.8. The van der Waals surface area contributed by atoms with Crippen LogP contribution in [0.5, 0.6) is 0 Å². The summed E-state index contributed by atoms with van der Waals surface area (Å²) in [6, 6.07) is 9.99. The van der Waals surface area contributed by atoms with Gasteiger partial charge in [0.05, 0.1) is 5.69 Å². The second-order valence-corrected chi connectivity index (χ2v) is 6.13. The molecule has 144 valence electrons. The number of H-pyrrole nitrogens is 1. The minimum absolute atomic E-state index is 0. The molecule has 6 nitrogen and oxygen atoms in total. The Labute approximate surface area is 167 Å². The minimum atomic E-state index is -0.671. The van der Waals surface area contributed by atoms with Crippen LogP contribution in [0.2, 0.25) is 0 Å². The van der Waals surface area contributed by atoms with Gasteiger partial charge in [-0.1, -0.05) is 19.1 Å². The summed E-state index contributed by atoms with van der Waals surface area (Å²) in [6.45, 7) is 1.88. The molecule has 0 spiro atoms. The van der Waals surface area contributed by atoms with Crippen LogP contribution in [-0.4, -0.2) is 31.3 Å². The molecule has 0 bridgehead atoms. The first-order valence-corrected chi connectivity index (χ1v) is 8.65. The third-order valence-electron chi connectivity index (χ3n) is 4.31. The summed E-state index contributed by atoms with van der Waals surface area (Å²) >= 11 is 0. The van der Waals surface area contributed by atoms with Gasteiger partial charge in [-0.05, 0) is 36.2 Å². The predicted molar refractivity (Wildman–Crippen MR) is 110 cm³/mol.